The number of ether oxygens (including phenoxy) is 2. The number of carbonyl (C=O) groups excluding carboxylic acids is 1. The second-order valence-corrected chi connectivity index (χ2v) is 8.08. The fraction of sp³-hybridized carbons (Fsp3) is 0.321. The van der Waals surface area contributed by atoms with Crippen LogP contribution in [0.5, 0.6) is 11.5 Å². The summed E-state index contributed by atoms with van der Waals surface area (Å²) in [4.78, 5) is 12.5. The van der Waals surface area contributed by atoms with Gasteiger partial charge in [0, 0.05) is 0 Å². The monoisotopic (exact) mass is 416 g/mol. The third-order valence-corrected chi connectivity index (χ3v) is 5.34. The lowest BCUT2D eigenvalue weighted by Crippen LogP contribution is -2.12. The Morgan fingerprint density at radius 3 is 1.97 bits per heavy atom. The minimum absolute atomic E-state index is 0.168. The second kappa shape index (κ2) is 11.4. The quantitative estimate of drug-likeness (QED) is 0.194. The lowest BCUT2D eigenvalue weighted by atomic mass is 10.0. The van der Waals surface area contributed by atoms with Crippen LogP contribution in [-0.2, 0) is 0 Å². The molecule has 0 saturated carbocycles. The van der Waals surface area contributed by atoms with Crippen molar-refractivity contribution < 1.29 is 14.3 Å². The highest BCUT2D eigenvalue weighted by Gasteiger charge is 2.10. The number of aryl methyl sites for hydroxylation is 1. The van der Waals surface area contributed by atoms with Crippen LogP contribution >= 0.6 is 0 Å². The van der Waals surface area contributed by atoms with Crippen molar-refractivity contribution in [3.05, 3.63) is 83.9 Å². The first-order valence-electron chi connectivity index (χ1n) is 11.2. The van der Waals surface area contributed by atoms with Gasteiger partial charge in [-0.2, -0.15) is 0 Å². The van der Waals surface area contributed by atoms with E-state index in [0.29, 0.717) is 11.3 Å². The Morgan fingerprint density at radius 1 is 0.774 bits per heavy atom. The number of benzene rings is 3. The van der Waals surface area contributed by atoms with E-state index in [-0.39, 0.29) is 12.1 Å². The molecule has 162 valence electrons. The van der Waals surface area contributed by atoms with E-state index in [4.69, 9.17) is 9.47 Å². The molecule has 3 nitrogen and oxygen atoms in total. The zero-order chi connectivity index (χ0) is 22.1. The van der Waals surface area contributed by atoms with Gasteiger partial charge in [-0.15, -0.1) is 0 Å². The number of hydrogen-bond donors (Lipinski definition) is 0. The largest absolute Gasteiger partial charge is 0.491 e. The molecule has 0 aliphatic carbocycles. The van der Waals surface area contributed by atoms with Crippen LogP contribution < -0.4 is 9.47 Å². The van der Waals surface area contributed by atoms with Gasteiger partial charge in [0.1, 0.15) is 11.5 Å². The molecule has 0 heterocycles. The van der Waals surface area contributed by atoms with Crippen molar-refractivity contribution >= 4 is 5.97 Å². The number of carbonyl (C=O) groups is 1. The van der Waals surface area contributed by atoms with Crippen LogP contribution in [0.25, 0.3) is 11.1 Å². The van der Waals surface area contributed by atoms with Crippen molar-refractivity contribution in [2.24, 2.45) is 0 Å². The molecular formula is C28H32O3. The highest BCUT2D eigenvalue weighted by Crippen LogP contribution is 2.24. The fourth-order valence-electron chi connectivity index (χ4n) is 3.45. The van der Waals surface area contributed by atoms with Gasteiger partial charge in [0.05, 0.1) is 11.7 Å². The van der Waals surface area contributed by atoms with E-state index in [1.165, 1.54) is 31.2 Å². The summed E-state index contributed by atoms with van der Waals surface area (Å²) in [6, 6.07) is 23.1. The molecule has 0 saturated heterocycles. The van der Waals surface area contributed by atoms with Gasteiger partial charge in [-0.05, 0) is 74.2 Å². The Labute approximate surface area is 186 Å². The van der Waals surface area contributed by atoms with Crippen molar-refractivity contribution in [1.82, 2.24) is 0 Å². The van der Waals surface area contributed by atoms with Crippen molar-refractivity contribution in [1.29, 1.82) is 0 Å². The Hall–Kier alpha value is -3.07. The first kappa shape index (κ1) is 22.6. The van der Waals surface area contributed by atoms with Crippen LogP contribution in [0.2, 0.25) is 0 Å². The van der Waals surface area contributed by atoms with Gasteiger partial charge in [0.15, 0.2) is 0 Å². The molecule has 1 atom stereocenters. The highest BCUT2D eigenvalue weighted by molar-refractivity contribution is 5.91. The van der Waals surface area contributed by atoms with Crippen LogP contribution in [-0.4, -0.2) is 12.1 Å². The molecular weight excluding hydrogens is 384 g/mol. The van der Waals surface area contributed by atoms with E-state index in [1.807, 2.05) is 36.4 Å². The van der Waals surface area contributed by atoms with E-state index in [1.54, 1.807) is 12.1 Å². The predicted molar refractivity (Wildman–Crippen MR) is 127 cm³/mol. The Balaban J connectivity index is 1.52. The van der Waals surface area contributed by atoms with Gasteiger partial charge >= 0.3 is 5.97 Å². The Bertz CT molecular complexity index is 941. The molecule has 3 aromatic rings. The van der Waals surface area contributed by atoms with E-state index in [0.717, 1.165) is 23.3 Å². The van der Waals surface area contributed by atoms with Crippen LogP contribution in [0, 0.1) is 6.92 Å². The number of esters is 1. The summed E-state index contributed by atoms with van der Waals surface area (Å²) in [5.41, 5.74) is 3.96. The minimum Gasteiger partial charge on any atom is -0.491 e. The molecule has 0 amide bonds. The topological polar surface area (TPSA) is 35.5 Å². The van der Waals surface area contributed by atoms with Crippen LogP contribution in [0.4, 0.5) is 0 Å². The summed E-state index contributed by atoms with van der Waals surface area (Å²) in [5, 5.41) is 0. The van der Waals surface area contributed by atoms with Gasteiger partial charge in [-0.3, -0.25) is 0 Å². The minimum atomic E-state index is -0.373. The smallest absolute Gasteiger partial charge is 0.343 e. The fourth-order valence-corrected chi connectivity index (χ4v) is 3.45. The molecule has 0 aliphatic heterocycles. The zero-order valence-electron chi connectivity index (χ0n) is 18.8. The van der Waals surface area contributed by atoms with Gasteiger partial charge in [0.25, 0.3) is 0 Å². The first-order chi connectivity index (χ1) is 15.0. The highest BCUT2D eigenvalue weighted by atomic mass is 16.5. The van der Waals surface area contributed by atoms with Gasteiger partial charge in [0.2, 0.25) is 0 Å². The second-order valence-electron chi connectivity index (χ2n) is 8.08. The van der Waals surface area contributed by atoms with Gasteiger partial charge in [-0.25, -0.2) is 4.79 Å². The Kier molecular flexibility index (Phi) is 8.28. The zero-order valence-corrected chi connectivity index (χ0v) is 18.8. The normalized spacial score (nSPS) is 11.7. The summed E-state index contributed by atoms with van der Waals surface area (Å²) < 4.78 is 11.5. The average Bonchev–Trinajstić information content (AvgIpc) is 2.78. The summed E-state index contributed by atoms with van der Waals surface area (Å²) in [6.45, 7) is 6.38. The molecule has 1 unspecified atom stereocenters. The molecule has 0 aromatic heterocycles. The molecule has 0 fully saturated rings. The number of unbranched alkanes of at least 4 members (excludes halogenated alkanes) is 3. The number of rotatable bonds is 10. The third-order valence-electron chi connectivity index (χ3n) is 5.34. The molecule has 0 radical (unpaired) electrons. The summed E-state index contributed by atoms with van der Waals surface area (Å²) in [6.07, 6.45) is 6.16. The summed E-state index contributed by atoms with van der Waals surface area (Å²) in [5.74, 6) is 0.936. The molecule has 0 aliphatic rings. The maximum absolute atomic E-state index is 12.5. The lowest BCUT2D eigenvalue weighted by Gasteiger charge is -2.14. The van der Waals surface area contributed by atoms with Crippen LogP contribution in [0.3, 0.4) is 0 Å². The van der Waals surface area contributed by atoms with E-state index in [2.05, 4.69) is 45.0 Å². The lowest BCUT2D eigenvalue weighted by molar-refractivity contribution is 0.0734. The van der Waals surface area contributed by atoms with Crippen molar-refractivity contribution in [2.45, 2.75) is 59.0 Å². The summed E-state index contributed by atoms with van der Waals surface area (Å²) >= 11 is 0. The molecule has 3 heteroatoms. The van der Waals surface area contributed by atoms with Gasteiger partial charge in [-0.1, -0.05) is 68.1 Å². The van der Waals surface area contributed by atoms with Crippen molar-refractivity contribution in [2.75, 3.05) is 0 Å². The maximum Gasteiger partial charge on any atom is 0.343 e. The van der Waals surface area contributed by atoms with Gasteiger partial charge < -0.3 is 9.47 Å². The Morgan fingerprint density at radius 2 is 1.35 bits per heavy atom. The molecule has 0 spiro atoms. The molecule has 31 heavy (non-hydrogen) atoms. The number of hydrogen-bond acceptors (Lipinski definition) is 3. The first-order valence-corrected chi connectivity index (χ1v) is 11.2. The SMILES string of the molecule is CCCCCCC(C)Oc1ccc(C(=O)Oc2ccc(-c3ccc(C)cc3)cc2)cc1. The molecule has 0 N–H and O–H groups in total. The molecule has 0 bridgehead atoms. The molecule has 3 aromatic carbocycles. The van der Waals surface area contributed by atoms with Crippen molar-refractivity contribution in [3.63, 3.8) is 0 Å². The molecule has 3 rings (SSSR count). The van der Waals surface area contributed by atoms with E-state index < -0.39 is 0 Å². The van der Waals surface area contributed by atoms with E-state index >= 15 is 0 Å². The predicted octanol–water partition coefficient (Wildman–Crippen LogP) is 7.62. The average molecular weight is 417 g/mol. The standard InChI is InChI=1S/C28H32O3/c1-4-5-6-7-8-22(3)30-26-19-15-25(16-20-26)28(29)31-27-17-13-24(14-18-27)23-11-9-21(2)10-12-23/h9-20,22H,4-8H2,1-3H3. The van der Waals surface area contributed by atoms with Crippen molar-refractivity contribution in [3.8, 4) is 22.6 Å². The van der Waals surface area contributed by atoms with Crippen LogP contribution in [0.15, 0.2) is 72.8 Å². The summed E-state index contributed by atoms with van der Waals surface area (Å²) in [7, 11) is 0. The van der Waals surface area contributed by atoms with Crippen LogP contribution in [0.1, 0.15) is 61.9 Å². The van der Waals surface area contributed by atoms with E-state index in [9.17, 15) is 4.79 Å². The third kappa shape index (κ3) is 6.99. The maximum atomic E-state index is 12.5.